The zero-order chi connectivity index (χ0) is 11.6. The molecule has 0 saturated heterocycles. The third kappa shape index (κ3) is 2.58. The van der Waals surface area contributed by atoms with E-state index in [9.17, 15) is 0 Å². The van der Waals surface area contributed by atoms with Gasteiger partial charge in [0.2, 0.25) is 0 Å². The molecule has 0 aliphatic heterocycles. The van der Waals surface area contributed by atoms with Crippen molar-refractivity contribution in [2.45, 2.75) is 51.0 Å². The van der Waals surface area contributed by atoms with E-state index in [1.165, 1.54) is 24.1 Å². The van der Waals surface area contributed by atoms with Crippen molar-refractivity contribution >= 4 is 0 Å². The Hall–Kier alpha value is -0.970. The number of nitrogens with two attached hydrogens (primary N) is 1. The fourth-order valence-corrected chi connectivity index (χ4v) is 2.55. The van der Waals surface area contributed by atoms with Gasteiger partial charge in [0.05, 0.1) is 7.05 Å². The van der Waals surface area contributed by atoms with Gasteiger partial charge < -0.3 is 5.73 Å². The van der Waals surface area contributed by atoms with Crippen LogP contribution in [-0.2, 0) is 13.5 Å². The summed E-state index contributed by atoms with van der Waals surface area (Å²) in [5.74, 6) is 1.64. The van der Waals surface area contributed by atoms with Crippen molar-refractivity contribution in [3.63, 3.8) is 0 Å². The molecule has 1 aliphatic carbocycles. The van der Waals surface area contributed by atoms with Crippen LogP contribution in [0.3, 0.4) is 0 Å². The Labute approximate surface area is 96.4 Å². The highest BCUT2D eigenvalue weighted by Gasteiger charge is 2.32. The predicted molar refractivity (Wildman–Crippen MR) is 61.7 cm³/mol. The van der Waals surface area contributed by atoms with Gasteiger partial charge in [-0.15, -0.1) is 10.2 Å². The highest BCUT2D eigenvalue weighted by molar-refractivity contribution is 4.97. The second-order valence-electron chi connectivity index (χ2n) is 5.09. The Kier molecular flexibility index (Phi) is 3.23. The normalized spacial score (nSPS) is 30.6. The first-order chi connectivity index (χ1) is 7.61. The Morgan fingerprint density at radius 2 is 2.12 bits per heavy atom. The van der Waals surface area contributed by atoms with Gasteiger partial charge in [0.25, 0.3) is 0 Å². The molecule has 0 spiro atoms. The van der Waals surface area contributed by atoms with Crippen LogP contribution in [0.15, 0.2) is 0 Å². The van der Waals surface area contributed by atoms with Crippen LogP contribution in [-0.4, -0.2) is 25.7 Å². The maximum atomic E-state index is 6.40. The van der Waals surface area contributed by atoms with Gasteiger partial charge in [-0.05, 0) is 36.8 Å². The number of hydrogen-bond donors (Lipinski definition) is 1. The summed E-state index contributed by atoms with van der Waals surface area (Å²) in [6.45, 7) is 2.26. The zero-order valence-electron chi connectivity index (χ0n) is 10.2. The lowest BCUT2D eigenvalue weighted by Crippen LogP contribution is -2.45. The minimum absolute atomic E-state index is 0.102. The number of aromatic nitrogens is 4. The summed E-state index contributed by atoms with van der Waals surface area (Å²) in [4.78, 5) is 1.50. The molecule has 0 radical (unpaired) electrons. The third-order valence-electron chi connectivity index (χ3n) is 3.74. The lowest BCUT2D eigenvalue weighted by molar-refractivity contribution is 0.225. The second-order valence-corrected chi connectivity index (χ2v) is 5.09. The van der Waals surface area contributed by atoms with Crippen molar-refractivity contribution in [1.82, 2.24) is 20.2 Å². The summed E-state index contributed by atoms with van der Waals surface area (Å²) in [5, 5.41) is 12.1. The number of rotatable bonds is 3. The van der Waals surface area contributed by atoms with Crippen LogP contribution in [0.1, 0.15) is 44.9 Å². The molecule has 0 amide bonds. The van der Waals surface area contributed by atoms with E-state index >= 15 is 0 Å². The van der Waals surface area contributed by atoms with E-state index in [1.807, 2.05) is 0 Å². The number of nitrogens with zero attached hydrogens (tertiary/aromatic N) is 4. The molecule has 1 aliphatic rings. The van der Waals surface area contributed by atoms with Crippen LogP contribution in [0.4, 0.5) is 0 Å². The Morgan fingerprint density at radius 1 is 1.44 bits per heavy atom. The molecule has 90 valence electrons. The summed E-state index contributed by atoms with van der Waals surface area (Å²) >= 11 is 0. The average Bonchev–Trinajstić information content (AvgIpc) is 2.64. The van der Waals surface area contributed by atoms with Gasteiger partial charge in [-0.2, -0.15) is 4.80 Å². The summed E-state index contributed by atoms with van der Waals surface area (Å²) in [5.41, 5.74) is 6.30. The van der Waals surface area contributed by atoms with Crippen LogP contribution in [0.2, 0.25) is 0 Å². The van der Waals surface area contributed by atoms with Crippen molar-refractivity contribution in [3.05, 3.63) is 5.82 Å². The van der Waals surface area contributed by atoms with Crippen molar-refractivity contribution in [1.29, 1.82) is 0 Å². The first kappa shape index (κ1) is 11.5. The number of hydrogen-bond acceptors (Lipinski definition) is 4. The summed E-state index contributed by atoms with van der Waals surface area (Å²) in [6.07, 6.45) is 6.70. The third-order valence-corrected chi connectivity index (χ3v) is 3.74. The molecule has 1 saturated carbocycles. The van der Waals surface area contributed by atoms with Crippen molar-refractivity contribution in [3.8, 4) is 0 Å². The van der Waals surface area contributed by atoms with E-state index in [0.717, 1.165) is 31.0 Å². The van der Waals surface area contributed by atoms with Crippen LogP contribution in [0.25, 0.3) is 0 Å². The topological polar surface area (TPSA) is 69.6 Å². The standard InChI is InChI=1S/C11H21N5/c1-3-9-4-6-11(12,7-5-9)8-10-13-15-16(2)14-10/h9H,3-8,12H2,1-2H3. The zero-order valence-corrected chi connectivity index (χ0v) is 10.2. The molecule has 0 atom stereocenters. The van der Waals surface area contributed by atoms with Crippen LogP contribution in [0.5, 0.6) is 0 Å². The fraction of sp³-hybridized carbons (Fsp3) is 0.909. The van der Waals surface area contributed by atoms with E-state index in [0.29, 0.717) is 0 Å². The number of tetrazole rings is 1. The Bertz CT molecular complexity index is 338. The van der Waals surface area contributed by atoms with Gasteiger partial charge in [-0.1, -0.05) is 13.3 Å². The molecule has 0 unspecified atom stereocenters. The average molecular weight is 223 g/mol. The van der Waals surface area contributed by atoms with E-state index in [2.05, 4.69) is 22.3 Å². The molecule has 0 aromatic carbocycles. The minimum Gasteiger partial charge on any atom is -0.325 e. The second kappa shape index (κ2) is 4.49. The largest absolute Gasteiger partial charge is 0.325 e. The van der Waals surface area contributed by atoms with Gasteiger partial charge in [0.15, 0.2) is 5.82 Å². The molecule has 0 bridgehead atoms. The quantitative estimate of drug-likeness (QED) is 0.831. The maximum Gasteiger partial charge on any atom is 0.176 e. The van der Waals surface area contributed by atoms with Crippen LogP contribution >= 0.6 is 0 Å². The van der Waals surface area contributed by atoms with E-state index < -0.39 is 0 Å². The molecule has 2 N–H and O–H groups in total. The lowest BCUT2D eigenvalue weighted by Gasteiger charge is -2.36. The van der Waals surface area contributed by atoms with E-state index in [-0.39, 0.29) is 5.54 Å². The SMILES string of the molecule is CCC1CCC(N)(Cc2nnn(C)n2)CC1. The molecule has 1 aromatic rings. The highest BCUT2D eigenvalue weighted by atomic mass is 15.6. The first-order valence-corrected chi connectivity index (χ1v) is 6.13. The Balaban J connectivity index is 1.94. The summed E-state index contributed by atoms with van der Waals surface area (Å²) < 4.78 is 0. The predicted octanol–water partition coefficient (Wildman–Crippen LogP) is 1.05. The molecule has 1 fully saturated rings. The molecule has 5 heteroatoms. The summed E-state index contributed by atoms with van der Waals surface area (Å²) in [6, 6.07) is 0. The van der Waals surface area contributed by atoms with Gasteiger partial charge >= 0.3 is 0 Å². The minimum atomic E-state index is -0.102. The molecule has 1 heterocycles. The smallest absolute Gasteiger partial charge is 0.176 e. The van der Waals surface area contributed by atoms with Gasteiger partial charge in [0, 0.05) is 12.0 Å². The van der Waals surface area contributed by atoms with Crippen LogP contribution in [0, 0.1) is 5.92 Å². The monoisotopic (exact) mass is 223 g/mol. The van der Waals surface area contributed by atoms with Gasteiger partial charge in [-0.25, -0.2) is 0 Å². The molecule has 16 heavy (non-hydrogen) atoms. The van der Waals surface area contributed by atoms with E-state index in [1.54, 1.807) is 7.05 Å². The maximum absolute atomic E-state index is 6.40. The van der Waals surface area contributed by atoms with Crippen molar-refractivity contribution < 1.29 is 0 Å². The number of aryl methyl sites for hydroxylation is 1. The lowest BCUT2D eigenvalue weighted by atomic mass is 9.74. The van der Waals surface area contributed by atoms with Gasteiger partial charge in [0.1, 0.15) is 0 Å². The molecule has 2 rings (SSSR count). The van der Waals surface area contributed by atoms with Gasteiger partial charge in [-0.3, -0.25) is 0 Å². The van der Waals surface area contributed by atoms with E-state index in [4.69, 9.17) is 5.73 Å². The fourth-order valence-electron chi connectivity index (χ4n) is 2.55. The summed E-state index contributed by atoms with van der Waals surface area (Å²) in [7, 11) is 1.79. The van der Waals surface area contributed by atoms with Crippen molar-refractivity contribution in [2.24, 2.45) is 18.7 Å². The van der Waals surface area contributed by atoms with Crippen molar-refractivity contribution in [2.75, 3.05) is 0 Å². The molecular weight excluding hydrogens is 202 g/mol. The molecule has 5 nitrogen and oxygen atoms in total. The first-order valence-electron chi connectivity index (χ1n) is 6.13. The van der Waals surface area contributed by atoms with Crippen LogP contribution < -0.4 is 5.73 Å². The Morgan fingerprint density at radius 3 is 2.62 bits per heavy atom. The highest BCUT2D eigenvalue weighted by Crippen LogP contribution is 2.33. The molecule has 1 aromatic heterocycles. The molecular formula is C11H21N5.